The first-order valence-electron chi connectivity index (χ1n) is 5.08. The quantitative estimate of drug-likeness (QED) is 0.789. The predicted octanol–water partition coefficient (Wildman–Crippen LogP) is 1.76. The molecule has 0 aliphatic carbocycles. The Bertz CT molecular complexity index is 424. The van der Waals surface area contributed by atoms with Gasteiger partial charge in [-0.15, -0.1) is 0 Å². The second-order valence-electron chi connectivity index (χ2n) is 3.91. The molecule has 2 atom stereocenters. The largest absolute Gasteiger partial charge is 0.348 e. The van der Waals surface area contributed by atoms with Crippen molar-refractivity contribution in [3.8, 4) is 0 Å². The third-order valence-corrected chi connectivity index (χ3v) is 2.98. The summed E-state index contributed by atoms with van der Waals surface area (Å²) in [6.07, 6.45) is 0.947. The highest BCUT2D eigenvalue weighted by Gasteiger charge is 2.29. The highest BCUT2D eigenvalue weighted by Crippen LogP contribution is 2.27. The molecule has 1 fully saturated rings. The van der Waals surface area contributed by atoms with Crippen molar-refractivity contribution in [1.29, 1.82) is 0 Å². The van der Waals surface area contributed by atoms with E-state index in [0.717, 1.165) is 0 Å². The van der Waals surface area contributed by atoms with Gasteiger partial charge in [0.2, 0.25) is 5.91 Å². The summed E-state index contributed by atoms with van der Waals surface area (Å²) in [6.45, 7) is 0. The van der Waals surface area contributed by atoms with E-state index < -0.39 is 11.9 Å². The summed E-state index contributed by atoms with van der Waals surface area (Å²) in [7, 11) is 0. The lowest BCUT2D eigenvalue weighted by Crippen LogP contribution is -2.46. The van der Waals surface area contributed by atoms with Crippen molar-refractivity contribution in [1.82, 2.24) is 5.32 Å². The van der Waals surface area contributed by atoms with Crippen molar-refractivity contribution >= 4 is 17.5 Å². The van der Waals surface area contributed by atoms with Gasteiger partial charge in [0.05, 0.1) is 6.04 Å². The van der Waals surface area contributed by atoms with Crippen LogP contribution in [-0.2, 0) is 4.79 Å². The van der Waals surface area contributed by atoms with E-state index in [2.05, 4.69) is 5.32 Å². The molecule has 0 saturated carbocycles. The summed E-state index contributed by atoms with van der Waals surface area (Å²) >= 11 is 5.80. The lowest BCUT2D eigenvalue weighted by Gasteiger charge is -2.30. The molecule has 0 radical (unpaired) electrons. The van der Waals surface area contributed by atoms with Gasteiger partial charge in [0, 0.05) is 23.0 Å². The first-order chi connectivity index (χ1) is 7.58. The second kappa shape index (κ2) is 4.39. The number of rotatable bonds is 1. The normalized spacial score (nSPS) is 25.3. The minimum Gasteiger partial charge on any atom is -0.348 e. The van der Waals surface area contributed by atoms with Gasteiger partial charge < -0.3 is 11.1 Å². The fraction of sp³-hybridized carbons (Fsp3) is 0.364. The summed E-state index contributed by atoms with van der Waals surface area (Å²) in [6, 6.07) is 3.50. The Hall–Kier alpha value is -1.13. The van der Waals surface area contributed by atoms with Crippen LogP contribution >= 0.6 is 11.6 Å². The standard InChI is InChI=1S/C11H12ClFN2O/c12-6-1-2-8(13)7(5-6)11-9(14)3-4-10(16)15-11/h1-2,5,9,11H,3-4,14H2,(H,15,16). The van der Waals surface area contributed by atoms with Gasteiger partial charge in [-0.25, -0.2) is 4.39 Å². The first kappa shape index (κ1) is 11.4. The Morgan fingerprint density at radius 1 is 1.50 bits per heavy atom. The van der Waals surface area contributed by atoms with Crippen LogP contribution in [0.3, 0.4) is 0 Å². The fourth-order valence-electron chi connectivity index (χ4n) is 1.88. The molecular formula is C11H12ClFN2O. The van der Waals surface area contributed by atoms with Crippen molar-refractivity contribution < 1.29 is 9.18 Å². The Balaban J connectivity index is 2.34. The minimum atomic E-state index is -0.486. The van der Waals surface area contributed by atoms with Crippen molar-refractivity contribution in [2.24, 2.45) is 5.73 Å². The predicted molar refractivity (Wildman–Crippen MR) is 59.5 cm³/mol. The number of nitrogens with two attached hydrogens (primary N) is 1. The van der Waals surface area contributed by atoms with E-state index >= 15 is 0 Å². The summed E-state index contributed by atoms with van der Waals surface area (Å²) in [4.78, 5) is 11.3. The van der Waals surface area contributed by atoms with E-state index in [1.165, 1.54) is 18.2 Å². The zero-order valence-electron chi connectivity index (χ0n) is 8.54. The minimum absolute atomic E-state index is 0.105. The first-order valence-corrected chi connectivity index (χ1v) is 5.45. The number of nitrogens with one attached hydrogen (secondary N) is 1. The lowest BCUT2D eigenvalue weighted by molar-refractivity contribution is -0.123. The number of amides is 1. The Kier molecular flexibility index (Phi) is 3.12. The summed E-state index contributed by atoms with van der Waals surface area (Å²) in [5.41, 5.74) is 6.22. The van der Waals surface area contributed by atoms with Crippen LogP contribution in [0.2, 0.25) is 5.02 Å². The molecule has 1 saturated heterocycles. The highest BCUT2D eigenvalue weighted by molar-refractivity contribution is 6.30. The number of carbonyl (C=O) groups is 1. The van der Waals surface area contributed by atoms with Crippen LogP contribution in [0.5, 0.6) is 0 Å². The van der Waals surface area contributed by atoms with Gasteiger partial charge in [0.1, 0.15) is 5.82 Å². The van der Waals surface area contributed by atoms with Crippen molar-refractivity contribution in [3.05, 3.63) is 34.6 Å². The molecule has 1 amide bonds. The van der Waals surface area contributed by atoms with Crippen molar-refractivity contribution in [3.63, 3.8) is 0 Å². The third-order valence-electron chi connectivity index (χ3n) is 2.74. The van der Waals surface area contributed by atoms with Gasteiger partial charge in [0.15, 0.2) is 0 Å². The number of hydrogen-bond acceptors (Lipinski definition) is 2. The molecule has 3 nitrogen and oxygen atoms in total. The summed E-state index contributed by atoms with van der Waals surface area (Å²) < 4.78 is 13.6. The van der Waals surface area contributed by atoms with E-state index in [9.17, 15) is 9.18 Å². The molecule has 3 N–H and O–H groups in total. The van der Waals surface area contributed by atoms with Crippen LogP contribution < -0.4 is 11.1 Å². The zero-order valence-corrected chi connectivity index (χ0v) is 9.30. The maximum atomic E-state index is 13.6. The monoisotopic (exact) mass is 242 g/mol. The van der Waals surface area contributed by atoms with Crippen LogP contribution in [0, 0.1) is 5.82 Å². The molecule has 2 rings (SSSR count). The van der Waals surface area contributed by atoms with Crippen LogP contribution in [0.25, 0.3) is 0 Å². The molecule has 0 aromatic heterocycles. The molecule has 2 unspecified atom stereocenters. The Morgan fingerprint density at radius 3 is 3.00 bits per heavy atom. The molecule has 0 spiro atoms. The number of hydrogen-bond donors (Lipinski definition) is 2. The molecule has 1 aliphatic rings. The number of carbonyl (C=O) groups excluding carboxylic acids is 1. The van der Waals surface area contributed by atoms with Crippen molar-refractivity contribution in [2.75, 3.05) is 0 Å². The average molecular weight is 243 g/mol. The van der Waals surface area contributed by atoms with E-state index in [1.54, 1.807) is 0 Å². The summed E-state index contributed by atoms with van der Waals surface area (Å²) in [5, 5.41) is 3.12. The van der Waals surface area contributed by atoms with Crippen LogP contribution in [-0.4, -0.2) is 11.9 Å². The molecule has 0 bridgehead atoms. The second-order valence-corrected chi connectivity index (χ2v) is 4.35. The number of benzene rings is 1. The SMILES string of the molecule is NC1CCC(=O)NC1c1cc(Cl)ccc1F. The Morgan fingerprint density at radius 2 is 2.25 bits per heavy atom. The van der Waals surface area contributed by atoms with Crippen molar-refractivity contribution in [2.45, 2.75) is 24.9 Å². The van der Waals surface area contributed by atoms with Crippen LogP contribution in [0.15, 0.2) is 18.2 Å². The van der Waals surface area contributed by atoms with Crippen LogP contribution in [0.4, 0.5) is 4.39 Å². The summed E-state index contributed by atoms with van der Waals surface area (Å²) in [5.74, 6) is -0.502. The molecule has 1 aromatic carbocycles. The average Bonchev–Trinajstić information content (AvgIpc) is 2.25. The molecule has 16 heavy (non-hydrogen) atoms. The number of piperidine rings is 1. The van der Waals surface area contributed by atoms with Gasteiger partial charge in [0.25, 0.3) is 0 Å². The highest BCUT2D eigenvalue weighted by atomic mass is 35.5. The smallest absolute Gasteiger partial charge is 0.220 e. The van der Waals surface area contributed by atoms with Gasteiger partial charge in [-0.05, 0) is 24.6 Å². The lowest BCUT2D eigenvalue weighted by atomic mass is 9.92. The molecule has 1 heterocycles. The van der Waals surface area contributed by atoms with E-state index in [-0.39, 0.29) is 11.9 Å². The molecular weight excluding hydrogens is 231 g/mol. The third kappa shape index (κ3) is 2.18. The molecule has 86 valence electrons. The molecule has 5 heteroatoms. The van der Waals surface area contributed by atoms with E-state index in [4.69, 9.17) is 17.3 Å². The topological polar surface area (TPSA) is 55.1 Å². The van der Waals surface area contributed by atoms with E-state index in [1.807, 2.05) is 0 Å². The number of halogens is 2. The zero-order chi connectivity index (χ0) is 11.7. The maximum absolute atomic E-state index is 13.6. The van der Waals surface area contributed by atoms with E-state index in [0.29, 0.717) is 23.4 Å². The Labute approximate surface area is 97.8 Å². The van der Waals surface area contributed by atoms with Gasteiger partial charge >= 0.3 is 0 Å². The van der Waals surface area contributed by atoms with Gasteiger partial charge in [-0.3, -0.25) is 4.79 Å². The fourth-order valence-corrected chi connectivity index (χ4v) is 2.06. The maximum Gasteiger partial charge on any atom is 0.220 e. The van der Waals surface area contributed by atoms with Crippen LogP contribution in [0.1, 0.15) is 24.4 Å². The van der Waals surface area contributed by atoms with Gasteiger partial charge in [-0.2, -0.15) is 0 Å². The molecule has 1 aliphatic heterocycles. The molecule has 1 aromatic rings. The van der Waals surface area contributed by atoms with Gasteiger partial charge in [-0.1, -0.05) is 11.6 Å².